The third kappa shape index (κ3) is 8.13. The van der Waals surface area contributed by atoms with Gasteiger partial charge in [0.15, 0.2) is 0 Å². The van der Waals surface area contributed by atoms with Crippen LogP contribution in [0.4, 0.5) is 10.5 Å². The van der Waals surface area contributed by atoms with Crippen molar-refractivity contribution in [1.82, 2.24) is 25.1 Å². The summed E-state index contributed by atoms with van der Waals surface area (Å²) < 4.78 is 1.49. The molecule has 3 saturated heterocycles. The first-order valence-corrected chi connectivity index (χ1v) is 18.5. The lowest BCUT2D eigenvalue weighted by Gasteiger charge is -2.40. The maximum atomic E-state index is 14.1. The topological polar surface area (TPSA) is 125 Å². The van der Waals surface area contributed by atoms with Gasteiger partial charge in [-0.3, -0.25) is 4.79 Å². The summed E-state index contributed by atoms with van der Waals surface area (Å²) in [5.74, 6) is 1.35. The third-order valence-corrected chi connectivity index (χ3v) is 11.8. The molecule has 4 N–H and O–H groups in total. The average molecular weight is 775 g/mol. The number of anilines is 1. The van der Waals surface area contributed by atoms with Crippen LogP contribution in [-0.4, -0.2) is 102 Å². The molecule has 3 amide bonds. The summed E-state index contributed by atoms with van der Waals surface area (Å²) in [6, 6.07) is 12.6. The predicted octanol–water partition coefficient (Wildman–Crippen LogP) is 3.48. The fraction of sp³-hybridized carbons (Fsp3) is 0.559. The number of hydrogen-bond donors (Lipinski definition) is 3. The molecule has 4 aliphatic rings. The van der Waals surface area contributed by atoms with Crippen molar-refractivity contribution in [1.29, 1.82) is 0 Å². The van der Waals surface area contributed by atoms with E-state index in [0.717, 1.165) is 70.7 Å². The molecule has 11 nitrogen and oxygen atoms in total. The lowest BCUT2D eigenvalue weighted by Crippen LogP contribution is -3.12. The summed E-state index contributed by atoms with van der Waals surface area (Å²) in [6.07, 6.45) is 6.10. The van der Waals surface area contributed by atoms with Crippen LogP contribution in [0.25, 0.3) is 0 Å². The zero-order chi connectivity index (χ0) is 33.1. The maximum Gasteiger partial charge on any atom is 0.318 e. The minimum atomic E-state index is -0.708. The molecule has 2 aromatic carbocycles. The molecule has 3 fully saturated rings. The van der Waals surface area contributed by atoms with Gasteiger partial charge in [-0.05, 0) is 120 Å². The SMILES string of the molecule is CN1CCC(C2CCN(C(=O)[C@@H](Cc3cc(Br)c(N)c(Br)c3)NC(=O)N3CCC(N4N=C(c5ccccc5)C[NH+]4[O-])CC3)CC2)CC1. The molecule has 0 spiro atoms. The van der Waals surface area contributed by atoms with Crippen LogP contribution in [-0.2, 0) is 11.2 Å². The fourth-order valence-corrected chi connectivity index (χ4v) is 8.86. The van der Waals surface area contributed by atoms with Gasteiger partial charge in [0.1, 0.15) is 24.3 Å². The third-order valence-electron chi connectivity index (χ3n) is 10.5. The molecule has 0 aromatic heterocycles. The van der Waals surface area contributed by atoms with E-state index in [1.807, 2.05) is 47.4 Å². The number of amides is 3. The Morgan fingerprint density at radius 1 is 0.936 bits per heavy atom. The highest BCUT2D eigenvalue weighted by atomic mass is 79.9. The van der Waals surface area contributed by atoms with Crippen molar-refractivity contribution in [2.24, 2.45) is 16.9 Å². The summed E-state index contributed by atoms with van der Waals surface area (Å²) in [6.45, 7) is 5.00. The first kappa shape index (κ1) is 34.2. The van der Waals surface area contributed by atoms with Gasteiger partial charge in [0.05, 0.1) is 5.69 Å². The van der Waals surface area contributed by atoms with Crippen LogP contribution in [0.3, 0.4) is 0 Å². The van der Waals surface area contributed by atoms with E-state index in [-0.39, 0.29) is 23.2 Å². The van der Waals surface area contributed by atoms with E-state index < -0.39 is 6.04 Å². The Labute approximate surface area is 294 Å². The van der Waals surface area contributed by atoms with Crippen LogP contribution in [0.15, 0.2) is 56.5 Å². The largest absolute Gasteiger partial charge is 0.606 e. The Balaban J connectivity index is 1.09. The van der Waals surface area contributed by atoms with Gasteiger partial charge in [-0.15, -0.1) is 10.2 Å². The molecular weight excluding hydrogens is 728 g/mol. The number of nitrogens with two attached hydrogens (primary N) is 1. The molecule has 2 atom stereocenters. The van der Waals surface area contributed by atoms with Gasteiger partial charge in [-0.1, -0.05) is 30.3 Å². The van der Waals surface area contributed by atoms with Gasteiger partial charge in [0, 0.05) is 47.1 Å². The second-order valence-electron chi connectivity index (χ2n) is 13.5. The van der Waals surface area contributed by atoms with E-state index >= 15 is 0 Å². The van der Waals surface area contributed by atoms with Crippen LogP contribution in [0.1, 0.15) is 49.7 Å². The quantitative estimate of drug-likeness (QED) is 0.293. The molecule has 2 aromatic rings. The van der Waals surface area contributed by atoms with Gasteiger partial charge in [0.2, 0.25) is 5.91 Å². The number of hydrazone groups is 1. The second kappa shape index (κ2) is 15.2. The number of carbonyl (C=O) groups excluding carboxylic acids is 2. The first-order chi connectivity index (χ1) is 22.7. The molecular formula is C34H46Br2N8O3. The summed E-state index contributed by atoms with van der Waals surface area (Å²) in [5, 5.41) is 22.3. The molecule has 254 valence electrons. The number of nitrogen functional groups attached to an aromatic ring is 1. The van der Waals surface area contributed by atoms with E-state index in [4.69, 9.17) is 5.73 Å². The van der Waals surface area contributed by atoms with E-state index in [1.165, 1.54) is 12.8 Å². The number of hydrogen-bond acceptors (Lipinski definition) is 7. The number of benzene rings is 2. The van der Waals surface area contributed by atoms with Gasteiger partial charge in [-0.25, -0.2) is 9.97 Å². The molecule has 6 rings (SSSR count). The summed E-state index contributed by atoms with van der Waals surface area (Å²) in [5.41, 5.74) is 9.38. The zero-order valence-electron chi connectivity index (χ0n) is 27.0. The Bertz CT molecular complexity index is 1420. The van der Waals surface area contributed by atoms with Crippen LogP contribution in [0.2, 0.25) is 0 Å². The zero-order valence-corrected chi connectivity index (χ0v) is 30.2. The number of halogens is 2. The molecule has 0 saturated carbocycles. The molecule has 13 heteroatoms. The minimum absolute atomic E-state index is 0.00201. The monoisotopic (exact) mass is 772 g/mol. The van der Waals surface area contributed by atoms with Crippen LogP contribution >= 0.6 is 31.9 Å². The number of likely N-dealkylation sites (tertiary alicyclic amines) is 3. The van der Waals surface area contributed by atoms with Crippen molar-refractivity contribution in [3.8, 4) is 0 Å². The smallest absolute Gasteiger partial charge is 0.318 e. The molecule has 0 bridgehead atoms. The molecule has 4 aliphatic heterocycles. The molecule has 0 radical (unpaired) electrons. The van der Waals surface area contributed by atoms with Crippen LogP contribution in [0, 0.1) is 17.0 Å². The van der Waals surface area contributed by atoms with E-state index in [2.05, 4.69) is 54.2 Å². The van der Waals surface area contributed by atoms with Gasteiger partial charge in [-0.2, -0.15) is 0 Å². The highest BCUT2D eigenvalue weighted by molar-refractivity contribution is 9.11. The first-order valence-electron chi connectivity index (χ1n) is 16.9. The number of rotatable bonds is 7. The molecule has 1 unspecified atom stereocenters. The number of urea groups is 1. The highest BCUT2D eigenvalue weighted by Gasteiger charge is 2.37. The highest BCUT2D eigenvalue weighted by Crippen LogP contribution is 2.33. The number of nitrogens with one attached hydrogen (secondary N) is 2. The van der Waals surface area contributed by atoms with Crippen molar-refractivity contribution in [2.75, 3.05) is 58.6 Å². The number of piperidine rings is 3. The van der Waals surface area contributed by atoms with Crippen molar-refractivity contribution in [3.63, 3.8) is 0 Å². The lowest BCUT2D eigenvalue weighted by molar-refractivity contribution is -0.963. The van der Waals surface area contributed by atoms with Gasteiger partial charge >= 0.3 is 6.03 Å². The summed E-state index contributed by atoms with van der Waals surface area (Å²) >= 11 is 7.06. The van der Waals surface area contributed by atoms with Crippen molar-refractivity contribution < 1.29 is 14.8 Å². The number of nitrogens with zero attached hydrogens (tertiary/aromatic N) is 5. The fourth-order valence-electron chi connectivity index (χ4n) is 7.58. The van der Waals surface area contributed by atoms with Crippen LogP contribution < -0.4 is 16.2 Å². The van der Waals surface area contributed by atoms with E-state index in [1.54, 1.807) is 10.0 Å². The van der Waals surface area contributed by atoms with Gasteiger partial charge in [0.25, 0.3) is 0 Å². The van der Waals surface area contributed by atoms with Crippen molar-refractivity contribution in [3.05, 3.63) is 67.7 Å². The van der Waals surface area contributed by atoms with E-state index in [0.29, 0.717) is 50.5 Å². The Hall–Kier alpha value is -2.71. The van der Waals surface area contributed by atoms with Crippen molar-refractivity contribution in [2.45, 2.75) is 57.0 Å². The number of carbonyl (C=O) groups is 2. The lowest BCUT2D eigenvalue weighted by atomic mass is 9.79. The molecule has 0 aliphatic carbocycles. The Kier molecular flexibility index (Phi) is 11.1. The molecule has 47 heavy (non-hydrogen) atoms. The predicted molar refractivity (Wildman–Crippen MR) is 190 cm³/mol. The molecule has 4 heterocycles. The van der Waals surface area contributed by atoms with Gasteiger partial charge < -0.3 is 31.0 Å². The number of hydroxylamine groups is 1. The van der Waals surface area contributed by atoms with E-state index in [9.17, 15) is 14.8 Å². The average Bonchev–Trinajstić information content (AvgIpc) is 3.48. The Morgan fingerprint density at radius 3 is 2.13 bits per heavy atom. The normalized spacial score (nSPS) is 22.8. The minimum Gasteiger partial charge on any atom is -0.606 e. The number of quaternary nitrogens is 1. The Morgan fingerprint density at radius 2 is 1.51 bits per heavy atom. The van der Waals surface area contributed by atoms with Crippen molar-refractivity contribution >= 4 is 55.2 Å². The summed E-state index contributed by atoms with van der Waals surface area (Å²) in [4.78, 5) is 33.9. The maximum absolute atomic E-state index is 14.1. The summed E-state index contributed by atoms with van der Waals surface area (Å²) in [7, 11) is 2.19. The second-order valence-corrected chi connectivity index (χ2v) is 15.2. The standard InChI is InChI=1S/C34H46Br2N8O3/c1-40-13-7-24(8-14-40)25-9-15-41(16-10-25)33(45)30(21-23-19-28(35)32(37)29(36)20-23)38-34(46)42-17-11-27(12-18-42)44-39-31(22-43(44)47)26-5-3-2-4-6-26/h2-6,19-20,24-25,27,30,43H,7-18,21-22,37H2,1H3,(H,38,46)/t30-/m1/s1. The van der Waals surface area contributed by atoms with Crippen LogP contribution in [0.5, 0.6) is 0 Å².